The van der Waals surface area contributed by atoms with Crippen molar-refractivity contribution in [3.05, 3.63) is 49.6 Å². The third kappa shape index (κ3) is 3.06. The van der Waals surface area contributed by atoms with E-state index in [1.807, 2.05) is 23.6 Å². The van der Waals surface area contributed by atoms with Crippen LogP contribution in [0.15, 0.2) is 34.1 Å². The van der Waals surface area contributed by atoms with Crippen LogP contribution in [0.1, 0.15) is 16.5 Å². The molecule has 1 aromatic heterocycles. The van der Waals surface area contributed by atoms with Crippen molar-refractivity contribution in [3.63, 3.8) is 0 Å². The van der Waals surface area contributed by atoms with E-state index in [1.165, 1.54) is 11.3 Å². The maximum Gasteiger partial charge on any atom is 0.122 e. The van der Waals surface area contributed by atoms with E-state index < -0.39 is 6.10 Å². The molecular weight excluding hydrogens is 336 g/mol. The van der Waals surface area contributed by atoms with Gasteiger partial charge in [-0.2, -0.15) is 0 Å². The number of ether oxygens (including phenoxy) is 1. The summed E-state index contributed by atoms with van der Waals surface area (Å²) in [4.78, 5) is 0.914. The summed E-state index contributed by atoms with van der Waals surface area (Å²) in [5.74, 6) is 0.742. The summed E-state index contributed by atoms with van der Waals surface area (Å²) in [6.07, 6.45) is -0.0882. The Kier molecular flexibility index (Phi) is 4.67. The number of hydrogen-bond acceptors (Lipinski definition) is 3. The number of hydrogen-bond donors (Lipinski definition) is 1. The molecule has 5 heteroatoms. The van der Waals surface area contributed by atoms with Crippen LogP contribution in [0.2, 0.25) is 5.02 Å². The lowest BCUT2D eigenvalue weighted by Gasteiger charge is -2.13. The van der Waals surface area contributed by atoms with Crippen molar-refractivity contribution in [1.29, 1.82) is 0 Å². The van der Waals surface area contributed by atoms with Crippen molar-refractivity contribution in [1.82, 2.24) is 0 Å². The Hall–Kier alpha value is -0.550. The van der Waals surface area contributed by atoms with Crippen molar-refractivity contribution >= 4 is 38.9 Å². The van der Waals surface area contributed by atoms with Gasteiger partial charge in [0, 0.05) is 20.8 Å². The summed E-state index contributed by atoms with van der Waals surface area (Å²) in [7, 11) is 1.61. The van der Waals surface area contributed by atoms with Gasteiger partial charge in [0.1, 0.15) is 5.75 Å². The van der Waals surface area contributed by atoms with Crippen LogP contribution in [0.5, 0.6) is 5.75 Å². The monoisotopic (exact) mass is 346 g/mol. The van der Waals surface area contributed by atoms with Gasteiger partial charge in [-0.3, -0.25) is 0 Å². The first-order chi connectivity index (χ1) is 8.61. The van der Waals surface area contributed by atoms with Crippen LogP contribution in [0, 0.1) is 0 Å². The third-order valence-corrected chi connectivity index (χ3v) is 4.81. The fourth-order valence-corrected chi connectivity index (χ4v) is 3.57. The molecule has 96 valence electrons. The molecule has 0 aliphatic rings. The molecule has 2 nitrogen and oxygen atoms in total. The van der Waals surface area contributed by atoms with E-state index in [1.54, 1.807) is 13.2 Å². The molecule has 2 aromatic rings. The average Bonchev–Trinajstić information content (AvgIpc) is 2.76. The number of aliphatic hydroxyl groups excluding tert-OH is 1. The maximum atomic E-state index is 10.2. The summed E-state index contributed by atoms with van der Waals surface area (Å²) >= 11 is 10.9. The summed E-state index contributed by atoms with van der Waals surface area (Å²) in [5.41, 5.74) is 0.901. The van der Waals surface area contributed by atoms with E-state index in [0.717, 1.165) is 20.7 Å². The molecular formula is C13H12BrClO2S. The highest BCUT2D eigenvalue weighted by atomic mass is 79.9. The van der Waals surface area contributed by atoms with Crippen molar-refractivity contribution in [3.8, 4) is 5.75 Å². The van der Waals surface area contributed by atoms with Gasteiger partial charge in [-0.05, 0) is 51.1 Å². The third-order valence-electron chi connectivity index (χ3n) is 2.60. The Balaban J connectivity index is 2.23. The van der Waals surface area contributed by atoms with E-state index in [2.05, 4.69) is 15.9 Å². The first-order valence-electron chi connectivity index (χ1n) is 5.35. The van der Waals surface area contributed by atoms with Gasteiger partial charge in [-0.1, -0.05) is 11.6 Å². The quantitative estimate of drug-likeness (QED) is 0.885. The minimum Gasteiger partial charge on any atom is -0.496 e. The summed E-state index contributed by atoms with van der Waals surface area (Å²) in [6, 6.07) is 7.34. The van der Waals surface area contributed by atoms with E-state index in [0.29, 0.717) is 11.4 Å². The Morgan fingerprint density at radius 2 is 2.22 bits per heavy atom. The lowest BCUT2D eigenvalue weighted by atomic mass is 10.1. The van der Waals surface area contributed by atoms with Crippen molar-refractivity contribution in [2.75, 3.05) is 7.11 Å². The van der Waals surface area contributed by atoms with Crippen molar-refractivity contribution in [2.24, 2.45) is 0 Å². The number of thiophene rings is 1. The fraction of sp³-hybridized carbons (Fsp3) is 0.231. The molecule has 18 heavy (non-hydrogen) atoms. The fourth-order valence-electron chi connectivity index (χ4n) is 1.75. The average molecular weight is 348 g/mol. The van der Waals surface area contributed by atoms with Gasteiger partial charge in [0.05, 0.1) is 13.2 Å². The molecule has 0 saturated heterocycles. The van der Waals surface area contributed by atoms with Crippen LogP contribution in [0.4, 0.5) is 0 Å². The normalized spacial score (nSPS) is 12.4. The zero-order valence-electron chi connectivity index (χ0n) is 9.69. The molecule has 0 bridgehead atoms. The zero-order chi connectivity index (χ0) is 13.1. The molecule has 0 fully saturated rings. The smallest absolute Gasteiger partial charge is 0.122 e. The topological polar surface area (TPSA) is 29.5 Å². The zero-order valence-corrected chi connectivity index (χ0v) is 12.8. The largest absolute Gasteiger partial charge is 0.496 e. The standard InChI is InChI=1S/C13H12BrClO2S/c1-17-12-3-2-9(15)6-8(12)7-11(16)13-10(14)4-5-18-13/h2-6,11,16H,7H2,1H3. The Labute approximate surface area is 123 Å². The molecule has 0 aliphatic heterocycles. The van der Waals surface area contributed by atoms with Gasteiger partial charge < -0.3 is 9.84 Å². The van der Waals surface area contributed by atoms with Gasteiger partial charge in [-0.25, -0.2) is 0 Å². The predicted molar refractivity (Wildman–Crippen MR) is 78.7 cm³/mol. The predicted octanol–water partition coefficient (Wildman–Crippen LogP) is 4.45. The molecule has 1 atom stereocenters. The Morgan fingerprint density at radius 1 is 1.44 bits per heavy atom. The number of rotatable bonds is 4. The summed E-state index contributed by atoms with van der Waals surface area (Å²) < 4.78 is 6.20. The highest BCUT2D eigenvalue weighted by Gasteiger charge is 2.16. The minimum atomic E-state index is -0.563. The first-order valence-corrected chi connectivity index (χ1v) is 7.40. The van der Waals surface area contributed by atoms with Crippen LogP contribution >= 0.6 is 38.9 Å². The van der Waals surface area contributed by atoms with Gasteiger partial charge in [0.15, 0.2) is 0 Å². The van der Waals surface area contributed by atoms with Gasteiger partial charge in [0.2, 0.25) is 0 Å². The van der Waals surface area contributed by atoms with Gasteiger partial charge in [0.25, 0.3) is 0 Å². The molecule has 0 radical (unpaired) electrons. The number of aliphatic hydroxyl groups is 1. The van der Waals surface area contributed by atoms with Crippen molar-refractivity contribution < 1.29 is 9.84 Å². The molecule has 0 aliphatic carbocycles. The summed E-state index contributed by atoms with van der Waals surface area (Å²) in [6.45, 7) is 0. The van der Waals surface area contributed by atoms with Crippen molar-refractivity contribution in [2.45, 2.75) is 12.5 Å². The van der Waals surface area contributed by atoms with E-state index in [-0.39, 0.29) is 0 Å². The molecule has 2 rings (SSSR count). The van der Waals surface area contributed by atoms with Gasteiger partial charge >= 0.3 is 0 Å². The molecule has 0 spiro atoms. The van der Waals surface area contributed by atoms with Crippen LogP contribution in [0.3, 0.4) is 0 Å². The first kappa shape index (κ1) is 13.9. The molecule has 0 amide bonds. The van der Waals surface area contributed by atoms with E-state index in [4.69, 9.17) is 16.3 Å². The molecule has 1 aromatic carbocycles. The highest BCUT2D eigenvalue weighted by molar-refractivity contribution is 9.10. The van der Waals surface area contributed by atoms with Crippen LogP contribution in [0.25, 0.3) is 0 Å². The number of methoxy groups -OCH3 is 1. The highest BCUT2D eigenvalue weighted by Crippen LogP contribution is 2.33. The lowest BCUT2D eigenvalue weighted by molar-refractivity contribution is 0.180. The van der Waals surface area contributed by atoms with Gasteiger partial charge in [-0.15, -0.1) is 11.3 Å². The Morgan fingerprint density at radius 3 is 2.83 bits per heavy atom. The van der Waals surface area contributed by atoms with E-state index in [9.17, 15) is 5.11 Å². The second-order valence-corrected chi connectivity index (χ2v) is 6.05. The maximum absolute atomic E-state index is 10.2. The molecule has 0 saturated carbocycles. The Bertz CT molecular complexity index is 542. The molecule has 1 N–H and O–H groups in total. The number of benzene rings is 1. The number of halogens is 2. The lowest BCUT2D eigenvalue weighted by Crippen LogP contribution is -2.02. The van der Waals surface area contributed by atoms with Crippen LogP contribution < -0.4 is 4.74 Å². The second-order valence-electron chi connectivity index (χ2n) is 3.81. The SMILES string of the molecule is COc1ccc(Cl)cc1CC(O)c1sccc1Br. The van der Waals surface area contributed by atoms with E-state index >= 15 is 0 Å². The second kappa shape index (κ2) is 6.06. The molecule has 1 unspecified atom stereocenters. The minimum absolute atomic E-state index is 0.475. The molecule has 1 heterocycles. The summed E-state index contributed by atoms with van der Waals surface area (Å²) in [5, 5.41) is 12.8. The van der Waals surface area contributed by atoms with Crippen LogP contribution in [-0.4, -0.2) is 12.2 Å². The van der Waals surface area contributed by atoms with Crippen LogP contribution in [-0.2, 0) is 6.42 Å².